The number of hydrogen-bond donors (Lipinski definition) is 2. The van der Waals surface area contributed by atoms with E-state index in [9.17, 15) is 9.59 Å². The fraction of sp³-hybridized carbons (Fsp3) is 0.222. The van der Waals surface area contributed by atoms with Crippen LogP contribution in [0.1, 0.15) is 29.1 Å². The molecular formula is C18H18N2O5. The molecule has 1 heterocycles. The van der Waals surface area contributed by atoms with Gasteiger partial charge < -0.3 is 24.8 Å². The smallest absolute Gasteiger partial charge is 0.344 e. The fourth-order valence-electron chi connectivity index (χ4n) is 2.75. The zero-order valence-electron chi connectivity index (χ0n) is 14.1. The molecule has 0 unspecified atom stereocenters. The van der Waals surface area contributed by atoms with Crippen LogP contribution in [0.2, 0.25) is 0 Å². The monoisotopic (exact) mass is 342 g/mol. The Bertz CT molecular complexity index is 834. The van der Waals surface area contributed by atoms with E-state index >= 15 is 0 Å². The molecule has 2 aromatic rings. The summed E-state index contributed by atoms with van der Waals surface area (Å²) in [5.41, 5.74) is 2.35. The molecule has 2 N–H and O–H groups in total. The van der Waals surface area contributed by atoms with Gasteiger partial charge in [0.2, 0.25) is 12.1 Å². The van der Waals surface area contributed by atoms with Crippen molar-refractivity contribution in [3.63, 3.8) is 0 Å². The summed E-state index contributed by atoms with van der Waals surface area (Å²) in [5.74, 6) is 0.167. The maximum Gasteiger partial charge on any atom is 0.344 e. The molecule has 25 heavy (non-hydrogen) atoms. The molecule has 0 bridgehead atoms. The Labute approximate surface area is 144 Å². The molecule has 1 atom stereocenters. The average Bonchev–Trinajstić information content (AvgIpc) is 2.89. The van der Waals surface area contributed by atoms with E-state index in [2.05, 4.69) is 10.6 Å². The number of carbonyl (C=O) groups is 2. The number of methoxy groups -OCH3 is 2. The molecule has 0 radical (unpaired) electrons. The zero-order valence-corrected chi connectivity index (χ0v) is 14.1. The molecule has 0 aromatic heterocycles. The molecule has 0 saturated carbocycles. The lowest BCUT2D eigenvalue weighted by Gasteiger charge is -2.16. The largest absolute Gasteiger partial charge is 0.493 e. The first-order valence-corrected chi connectivity index (χ1v) is 7.63. The second kappa shape index (κ2) is 6.72. The van der Waals surface area contributed by atoms with Gasteiger partial charge in [0.05, 0.1) is 14.2 Å². The van der Waals surface area contributed by atoms with Crippen LogP contribution in [-0.4, -0.2) is 26.1 Å². The molecule has 2 aromatic carbocycles. The topological polar surface area (TPSA) is 85.9 Å². The van der Waals surface area contributed by atoms with Crippen LogP contribution in [0, 0.1) is 0 Å². The van der Waals surface area contributed by atoms with E-state index in [0.29, 0.717) is 34.0 Å². The number of hydrogen-bond acceptors (Lipinski definition) is 6. The number of esters is 1. The first kappa shape index (κ1) is 16.6. The molecule has 1 amide bonds. The standard InChI is InChI=1S/C18H18N2O5/c1-10(21)19-11-5-4-6-12(9-11)20-17-13-7-8-14(23-2)16(24-3)15(13)18(22)25-17/h4-9,17,20H,1-3H3,(H,19,21)/t17-/m0/s1. The number of rotatable bonds is 5. The fourth-order valence-corrected chi connectivity index (χ4v) is 2.75. The van der Waals surface area contributed by atoms with Crippen LogP contribution in [0.25, 0.3) is 0 Å². The van der Waals surface area contributed by atoms with Crippen LogP contribution >= 0.6 is 0 Å². The van der Waals surface area contributed by atoms with Gasteiger partial charge in [0.15, 0.2) is 11.5 Å². The van der Waals surface area contributed by atoms with Crippen LogP contribution in [0.5, 0.6) is 11.5 Å². The zero-order chi connectivity index (χ0) is 18.0. The van der Waals surface area contributed by atoms with Crippen LogP contribution < -0.4 is 20.1 Å². The summed E-state index contributed by atoms with van der Waals surface area (Å²) in [5, 5.41) is 5.85. The Morgan fingerprint density at radius 2 is 1.88 bits per heavy atom. The lowest BCUT2D eigenvalue weighted by atomic mass is 10.1. The van der Waals surface area contributed by atoms with Gasteiger partial charge in [-0.15, -0.1) is 0 Å². The van der Waals surface area contributed by atoms with Crippen molar-refractivity contribution in [1.82, 2.24) is 0 Å². The lowest BCUT2D eigenvalue weighted by Crippen LogP contribution is -2.11. The van der Waals surface area contributed by atoms with Gasteiger partial charge in [0.25, 0.3) is 0 Å². The third kappa shape index (κ3) is 3.21. The van der Waals surface area contributed by atoms with Gasteiger partial charge in [-0.3, -0.25) is 4.79 Å². The van der Waals surface area contributed by atoms with E-state index in [1.807, 2.05) is 6.07 Å². The minimum atomic E-state index is -0.658. The van der Waals surface area contributed by atoms with E-state index in [1.165, 1.54) is 21.1 Å². The van der Waals surface area contributed by atoms with Crippen molar-refractivity contribution < 1.29 is 23.8 Å². The van der Waals surface area contributed by atoms with E-state index in [4.69, 9.17) is 14.2 Å². The predicted octanol–water partition coefficient (Wildman–Crippen LogP) is 2.94. The molecule has 0 spiro atoms. The second-order valence-electron chi connectivity index (χ2n) is 5.46. The molecule has 7 heteroatoms. The van der Waals surface area contributed by atoms with E-state index in [-0.39, 0.29) is 5.91 Å². The molecule has 0 aliphatic carbocycles. The number of amides is 1. The Hall–Kier alpha value is -3.22. The molecule has 130 valence electrons. The summed E-state index contributed by atoms with van der Waals surface area (Å²) in [6.45, 7) is 1.44. The van der Waals surface area contributed by atoms with Gasteiger partial charge in [-0.1, -0.05) is 6.07 Å². The van der Waals surface area contributed by atoms with Crippen molar-refractivity contribution in [2.45, 2.75) is 13.2 Å². The summed E-state index contributed by atoms with van der Waals surface area (Å²) in [6, 6.07) is 10.6. The first-order valence-electron chi connectivity index (χ1n) is 7.63. The van der Waals surface area contributed by atoms with Gasteiger partial charge >= 0.3 is 5.97 Å². The molecule has 3 rings (SSSR count). The van der Waals surface area contributed by atoms with Crippen molar-refractivity contribution in [3.05, 3.63) is 47.5 Å². The van der Waals surface area contributed by atoms with Crippen molar-refractivity contribution in [2.24, 2.45) is 0 Å². The number of nitrogens with one attached hydrogen (secondary N) is 2. The number of anilines is 2. The van der Waals surface area contributed by atoms with Crippen molar-refractivity contribution in [1.29, 1.82) is 0 Å². The molecular weight excluding hydrogens is 324 g/mol. The van der Waals surface area contributed by atoms with Gasteiger partial charge in [-0.2, -0.15) is 0 Å². The number of ether oxygens (including phenoxy) is 3. The minimum absolute atomic E-state index is 0.161. The lowest BCUT2D eigenvalue weighted by molar-refractivity contribution is -0.114. The SMILES string of the molecule is COc1ccc2c(c1OC)C(=O)O[C@@H]2Nc1cccc(NC(C)=O)c1. The number of cyclic esters (lactones) is 1. The highest BCUT2D eigenvalue weighted by Crippen LogP contribution is 2.42. The predicted molar refractivity (Wildman–Crippen MR) is 92.1 cm³/mol. The van der Waals surface area contributed by atoms with Crippen LogP contribution in [0.4, 0.5) is 11.4 Å². The Morgan fingerprint density at radius 3 is 2.56 bits per heavy atom. The molecule has 1 aliphatic rings. The highest BCUT2D eigenvalue weighted by atomic mass is 16.6. The average molecular weight is 342 g/mol. The molecule has 0 fully saturated rings. The highest BCUT2D eigenvalue weighted by molar-refractivity contribution is 5.98. The van der Waals surface area contributed by atoms with Crippen LogP contribution in [0.3, 0.4) is 0 Å². The molecule has 0 saturated heterocycles. The number of carbonyl (C=O) groups excluding carboxylic acids is 2. The molecule has 1 aliphatic heterocycles. The summed E-state index contributed by atoms with van der Waals surface area (Å²) in [4.78, 5) is 23.5. The van der Waals surface area contributed by atoms with Gasteiger partial charge in [0.1, 0.15) is 5.56 Å². The third-order valence-electron chi connectivity index (χ3n) is 3.77. The second-order valence-corrected chi connectivity index (χ2v) is 5.46. The van der Waals surface area contributed by atoms with E-state index < -0.39 is 12.2 Å². The minimum Gasteiger partial charge on any atom is -0.493 e. The third-order valence-corrected chi connectivity index (χ3v) is 3.77. The van der Waals surface area contributed by atoms with Gasteiger partial charge in [-0.05, 0) is 30.3 Å². The van der Waals surface area contributed by atoms with Crippen molar-refractivity contribution in [3.8, 4) is 11.5 Å². The Morgan fingerprint density at radius 1 is 1.12 bits per heavy atom. The summed E-state index contributed by atoms with van der Waals surface area (Å²) in [6.07, 6.45) is -0.658. The molecule has 7 nitrogen and oxygen atoms in total. The first-order chi connectivity index (χ1) is 12.0. The van der Waals surface area contributed by atoms with Gasteiger partial charge in [-0.25, -0.2) is 4.79 Å². The maximum atomic E-state index is 12.3. The van der Waals surface area contributed by atoms with Gasteiger partial charge in [0, 0.05) is 23.9 Å². The Kier molecular flexibility index (Phi) is 4.47. The van der Waals surface area contributed by atoms with E-state index in [0.717, 1.165) is 0 Å². The number of benzene rings is 2. The van der Waals surface area contributed by atoms with Crippen LogP contribution in [-0.2, 0) is 9.53 Å². The maximum absolute atomic E-state index is 12.3. The number of fused-ring (bicyclic) bond motifs is 1. The van der Waals surface area contributed by atoms with E-state index in [1.54, 1.807) is 30.3 Å². The Balaban J connectivity index is 1.90. The normalized spacial score (nSPS) is 15.2. The highest BCUT2D eigenvalue weighted by Gasteiger charge is 2.35. The summed E-state index contributed by atoms with van der Waals surface area (Å²) < 4.78 is 16.0. The summed E-state index contributed by atoms with van der Waals surface area (Å²) in [7, 11) is 2.98. The summed E-state index contributed by atoms with van der Waals surface area (Å²) >= 11 is 0. The van der Waals surface area contributed by atoms with Crippen LogP contribution in [0.15, 0.2) is 36.4 Å². The quantitative estimate of drug-likeness (QED) is 0.813. The van der Waals surface area contributed by atoms with Crippen molar-refractivity contribution >= 4 is 23.3 Å². The van der Waals surface area contributed by atoms with Crippen molar-refractivity contribution in [2.75, 3.05) is 24.9 Å².